The molecule has 3 N–H and O–H groups in total. The highest BCUT2D eigenvalue weighted by Crippen LogP contribution is 2.46. The molecule has 108 valence electrons. The van der Waals surface area contributed by atoms with Crippen LogP contribution in [0.4, 0.5) is 5.00 Å². The molecule has 1 aliphatic rings. The summed E-state index contributed by atoms with van der Waals surface area (Å²) in [7, 11) is 0. The minimum atomic E-state index is -0.478. The number of carbonyl (C=O) groups is 2. The number of hydrogen-bond donors (Lipinski definition) is 2. The van der Waals surface area contributed by atoms with Crippen LogP contribution >= 0.6 is 11.3 Å². The molecule has 0 unspecified atom stereocenters. The molecule has 0 aliphatic heterocycles. The number of thiophene rings is 1. The predicted molar refractivity (Wildman–Crippen MR) is 84.7 cm³/mol. The molecule has 21 heavy (non-hydrogen) atoms. The lowest BCUT2D eigenvalue weighted by molar-refractivity contribution is -0.114. The van der Waals surface area contributed by atoms with E-state index in [-0.39, 0.29) is 5.91 Å². The number of amides is 2. The summed E-state index contributed by atoms with van der Waals surface area (Å²) < 4.78 is 0. The number of anilines is 1. The van der Waals surface area contributed by atoms with Crippen molar-refractivity contribution in [1.29, 1.82) is 0 Å². The fraction of sp³-hybridized carbons (Fsp3) is 0.250. The molecule has 0 radical (unpaired) electrons. The molecular weight excluding hydrogens is 284 g/mol. The van der Waals surface area contributed by atoms with Gasteiger partial charge in [-0.3, -0.25) is 9.59 Å². The topological polar surface area (TPSA) is 72.2 Å². The molecule has 2 amide bonds. The van der Waals surface area contributed by atoms with Crippen molar-refractivity contribution < 1.29 is 9.59 Å². The van der Waals surface area contributed by atoms with Gasteiger partial charge < -0.3 is 11.1 Å². The number of rotatable bonds is 2. The highest BCUT2D eigenvalue weighted by atomic mass is 32.1. The van der Waals surface area contributed by atoms with Crippen molar-refractivity contribution in [3.05, 3.63) is 40.5 Å². The van der Waals surface area contributed by atoms with Crippen molar-refractivity contribution in [2.45, 2.75) is 26.7 Å². The molecule has 1 heterocycles. The summed E-state index contributed by atoms with van der Waals surface area (Å²) in [6.45, 7) is 3.50. The van der Waals surface area contributed by atoms with E-state index in [1.165, 1.54) is 35.0 Å². The molecule has 3 rings (SSSR count). The predicted octanol–water partition coefficient (Wildman–Crippen LogP) is 2.88. The standard InChI is InChI=1S/C16H16N2O2S/c1-8-4-3-5-10-6-7-11-13(15(17)20)16(18-9(2)19)21-14(11)12(8)10/h3-5H,6-7H2,1-2H3,(H2,17,20)(H,18,19). The third kappa shape index (κ3) is 2.23. The van der Waals surface area contributed by atoms with E-state index in [9.17, 15) is 9.59 Å². The first-order valence-corrected chi connectivity index (χ1v) is 7.62. The fourth-order valence-corrected chi connectivity index (χ4v) is 4.38. The Bertz CT molecular complexity index is 762. The molecule has 4 nitrogen and oxygen atoms in total. The zero-order valence-corrected chi connectivity index (χ0v) is 12.8. The Morgan fingerprint density at radius 3 is 2.71 bits per heavy atom. The van der Waals surface area contributed by atoms with Crippen LogP contribution in [0, 0.1) is 6.92 Å². The molecule has 1 aliphatic carbocycles. The smallest absolute Gasteiger partial charge is 0.252 e. The highest BCUT2D eigenvalue weighted by molar-refractivity contribution is 7.20. The first kappa shape index (κ1) is 13.8. The van der Waals surface area contributed by atoms with Crippen LogP contribution in [0.25, 0.3) is 10.4 Å². The Kier molecular flexibility index (Phi) is 3.29. The molecule has 0 spiro atoms. The quantitative estimate of drug-likeness (QED) is 0.895. The molecule has 0 saturated carbocycles. The van der Waals surface area contributed by atoms with Crippen molar-refractivity contribution in [3.8, 4) is 10.4 Å². The lowest BCUT2D eigenvalue weighted by Gasteiger charge is -2.18. The molecule has 2 aromatic rings. The maximum absolute atomic E-state index is 11.8. The SMILES string of the molecule is CC(=O)Nc1sc2c(c1C(N)=O)CCc1cccc(C)c1-2. The van der Waals surface area contributed by atoms with Crippen LogP contribution in [-0.2, 0) is 17.6 Å². The lowest BCUT2D eigenvalue weighted by atomic mass is 9.87. The van der Waals surface area contributed by atoms with Crippen LogP contribution in [-0.4, -0.2) is 11.8 Å². The van der Waals surface area contributed by atoms with Gasteiger partial charge in [-0.15, -0.1) is 11.3 Å². The number of aryl methyl sites for hydroxylation is 2. The summed E-state index contributed by atoms with van der Waals surface area (Å²) >= 11 is 1.44. The molecule has 5 heteroatoms. The highest BCUT2D eigenvalue weighted by Gasteiger charge is 2.28. The summed E-state index contributed by atoms with van der Waals surface area (Å²) in [5.74, 6) is -0.672. The van der Waals surface area contributed by atoms with Crippen molar-refractivity contribution in [3.63, 3.8) is 0 Å². The Morgan fingerprint density at radius 2 is 2.05 bits per heavy atom. The molecule has 1 aromatic heterocycles. The summed E-state index contributed by atoms with van der Waals surface area (Å²) in [5, 5.41) is 3.31. The number of fused-ring (bicyclic) bond motifs is 3. The van der Waals surface area contributed by atoms with Gasteiger partial charge in [0, 0.05) is 11.8 Å². The largest absolute Gasteiger partial charge is 0.365 e. The van der Waals surface area contributed by atoms with Gasteiger partial charge in [0.2, 0.25) is 5.91 Å². The van der Waals surface area contributed by atoms with Gasteiger partial charge in [-0.2, -0.15) is 0 Å². The summed E-state index contributed by atoms with van der Waals surface area (Å²) in [5.41, 5.74) is 10.6. The Morgan fingerprint density at radius 1 is 1.29 bits per heavy atom. The van der Waals surface area contributed by atoms with Gasteiger partial charge in [-0.05, 0) is 42.0 Å². The normalized spacial score (nSPS) is 12.5. The molecular formula is C16H16N2O2S. The van der Waals surface area contributed by atoms with E-state index in [0.717, 1.165) is 23.3 Å². The van der Waals surface area contributed by atoms with E-state index in [2.05, 4.69) is 30.4 Å². The van der Waals surface area contributed by atoms with E-state index in [4.69, 9.17) is 5.73 Å². The Balaban J connectivity index is 2.26. The van der Waals surface area contributed by atoms with Crippen molar-refractivity contribution >= 4 is 28.2 Å². The van der Waals surface area contributed by atoms with Gasteiger partial charge in [-0.1, -0.05) is 18.2 Å². The molecule has 0 saturated heterocycles. The number of carbonyl (C=O) groups excluding carboxylic acids is 2. The minimum absolute atomic E-state index is 0.193. The maximum atomic E-state index is 11.8. The number of nitrogens with one attached hydrogen (secondary N) is 1. The third-order valence-corrected chi connectivity index (χ3v) is 4.94. The lowest BCUT2D eigenvalue weighted by Crippen LogP contribution is -2.17. The van der Waals surface area contributed by atoms with Gasteiger partial charge in [-0.25, -0.2) is 0 Å². The molecule has 0 fully saturated rings. The van der Waals surface area contributed by atoms with Gasteiger partial charge in [0.15, 0.2) is 0 Å². The average molecular weight is 300 g/mol. The van der Waals surface area contributed by atoms with Crippen molar-refractivity contribution in [2.24, 2.45) is 5.73 Å². The Labute approximate surface area is 127 Å². The monoisotopic (exact) mass is 300 g/mol. The molecule has 0 atom stereocenters. The van der Waals surface area contributed by atoms with Crippen LogP contribution in [0.2, 0.25) is 0 Å². The van der Waals surface area contributed by atoms with Gasteiger partial charge in [0.1, 0.15) is 5.00 Å². The summed E-state index contributed by atoms with van der Waals surface area (Å²) in [6.07, 6.45) is 1.67. The number of benzene rings is 1. The van der Waals surface area contributed by atoms with E-state index >= 15 is 0 Å². The van der Waals surface area contributed by atoms with E-state index in [1.54, 1.807) is 0 Å². The van der Waals surface area contributed by atoms with Crippen LogP contribution < -0.4 is 11.1 Å². The number of hydrogen-bond acceptors (Lipinski definition) is 3. The summed E-state index contributed by atoms with van der Waals surface area (Å²) in [6, 6.07) is 6.24. The van der Waals surface area contributed by atoms with Crippen LogP contribution in [0.1, 0.15) is 34.0 Å². The van der Waals surface area contributed by atoms with Crippen LogP contribution in [0.15, 0.2) is 18.2 Å². The second-order valence-corrected chi connectivity index (χ2v) is 6.29. The minimum Gasteiger partial charge on any atom is -0.365 e. The van der Waals surface area contributed by atoms with Gasteiger partial charge in [0.25, 0.3) is 5.91 Å². The summed E-state index contributed by atoms with van der Waals surface area (Å²) in [4.78, 5) is 24.2. The van der Waals surface area contributed by atoms with Gasteiger partial charge >= 0.3 is 0 Å². The fourth-order valence-electron chi connectivity index (χ4n) is 2.94. The van der Waals surface area contributed by atoms with Crippen LogP contribution in [0.5, 0.6) is 0 Å². The first-order valence-electron chi connectivity index (χ1n) is 6.81. The zero-order chi connectivity index (χ0) is 15.1. The molecule has 1 aromatic carbocycles. The zero-order valence-electron chi connectivity index (χ0n) is 11.9. The number of nitrogens with two attached hydrogens (primary N) is 1. The maximum Gasteiger partial charge on any atom is 0.252 e. The first-order chi connectivity index (χ1) is 9.99. The van der Waals surface area contributed by atoms with Crippen LogP contribution in [0.3, 0.4) is 0 Å². The van der Waals surface area contributed by atoms with E-state index in [0.29, 0.717) is 10.6 Å². The third-order valence-electron chi connectivity index (χ3n) is 3.77. The Hall–Kier alpha value is -2.14. The van der Waals surface area contributed by atoms with Gasteiger partial charge in [0.05, 0.1) is 5.56 Å². The van der Waals surface area contributed by atoms with Crippen molar-refractivity contribution in [2.75, 3.05) is 5.32 Å². The van der Waals surface area contributed by atoms with E-state index in [1.807, 2.05) is 0 Å². The van der Waals surface area contributed by atoms with E-state index < -0.39 is 5.91 Å². The second kappa shape index (κ2) is 5.00. The second-order valence-electron chi connectivity index (χ2n) is 5.27. The van der Waals surface area contributed by atoms with Crippen molar-refractivity contribution in [1.82, 2.24) is 0 Å². The average Bonchev–Trinajstić information content (AvgIpc) is 2.75. The molecule has 0 bridgehead atoms. The number of primary amides is 1.